The third-order valence-electron chi connectivity index (χ3n) is 3.10. The van der Waals surface area contributed by atoms with Crippen molar-refractivity contribution in [3.8, 4) is 0 Å². The SMILES string of the molecule is CNC(=O)c1ccc(CC(=O)N(C)CCC(=O)OC)cc1. The van der Waals surface area contributed by atoms with Gasteiger partial charge in [0.1, 0.15) is 0 Å². The summed E-state index contributed by atoms with van der Waals surface area (Å²) in [6.07, 6.45) is 0.403. The number of carbonyl (C=O) groups is 3. The highest BCUT2D eigenvalue weighted by atomic mass is 16.5. The van der Waals surface area contributed by atoms with Crippen LogP contribution in [0, 0.1) is 0 Å². The van der Waals surface area contributed by atoms with Crippen LogP contribution in [-0.2, 0) is 20.7 Å². The molecule has 6 heteroatoms. The lowest BCUT2D eigenvalue weighted by Crippen LogP contribution is -2.30. The van der Waals surface area contributed by atoms with Crippen LogP contribution in [0.2, 0.25) is 0 Å². The number of hydrogen-bond acceptors (Lipinski definition) is 4. The Balaban J connectivity index is 2.54. The molecular formula is C15H20N2O4. The van der Waals surface area contributed by atoms with Crippen molar-refractivity contribution in [1.29, 1.82) is 0 Å². The monoisotopic (exact) mass is 292 g/mol. The summed E-state index contributed by atoms with van der Waals surface area (Å²) in [6.45, 7) is 0.321. The zero-order valence-corrected chi connectivity index (χ0v) is 12.5. The summed E-state index contributed by atoms with van der Waals surface area (Å²) >= 11 is 0. The summed E-state index contributed by atoms with van der Waals surface area (Å²) in [5, 5.41) is 2.53. The predicted octanol–water partition coefficient (Wildman–Crippen LogP) is 0.610. The van der Waals surface area contributed by atoms with Crippen molar-refractivity contribution in [2.24, 2.45) is 0 Å². The van der Waals surface area contributed by atoms with Crippen molar-refractivity contribution in [2.45, 2.75) is 12.8 Å². The molecule has 0 aliphatic carbocycles. The van der Waals surface area contributed by atoms with E-state index in [-0.39, 0.29) is 30.6 Å². The number of amides is 2. The highest BCUT2D eigenvalue weighted by molar-refractivity contribution is 5.94. The van der Waals surface area contributed by atoms with Gasteiger partial charge < -0.3 is 15.0 Å². The van der Waals surface area contributed by atoms with Gasteiger partial charge in [0.2, 0.25) is 5.91 Å². The summed E-state index contributed by atoms with van der Waals surface area (Å²) in [7, 11) is 4.53. The summed E-state index contributed by atoms with van der Waals surface area (Å²) in [5.74, 6) is -0.598. The number of methoxy groups -OCH3 is 1. The smallest absolute Gasteiger partial charge is 0.307 e. The molecule has 0 saturated carbocycles. The lowest BCUT2D eigenvalue weighted by molar-refractivity contribution is -0.141. The number of carbonyl (C=O) groups excluding carboxylic acids is 3. The van der Waals surface area contributed by atoms with Gasteiger partial charge in [0.15, 0.2) is 0 Å². The Labute approximate surface area is 124 Å². The minimum atomic E-state index is -0.343. The molecule has 6 nitrogen and oxygen atoms in total. The summed E-state index contributed by atoms with van der Waals surface area (Å²) in [6, 6.07) is 6.85. The van der Waals surface area contributed by atoms with Crippen LogP contribution in [0.4, 0.5) is 0 Å². The molecule has 1 N–H and O–H groups in total. The first-order chi connectivity index (χ1) is 9.97. The van der Waals surface area contributed by atoms with E-state index in [0.29, 0.717) is 12.1 Å². The molecule has 1 aromatic rings. The molecule has 0 radical (unpaired) electrons. The molecule has 114 valence electrons. The van der Waals surface area contributed by atoms with Gasteiger partial charge in [-0.3, -0.25) is 14.4 Å². The molecule has 0 saturated heterocycles. The Morgan fingerprint density at radius 3 is 2.33 bits per heavy atom. The molecule has 0 bridgehead atoms. The van der Waals surface area contributed by atoms with E-state index in [0.717, 1.165) is 5.56 Å². The van der Waals surface area contributed by atoms with Gasteiger partial charge in [-0.2, -0.15) is 0 Å². The molecule has 0 fully saturated rings. The summed E-state index contributed by atoms with van der Waals surface area (Å²) in [5.41, 5.74) is 1.37. The second-order valence-corrected chi connectivity index (χ2v) is 4.59. The normalized spacial score (nSPS) is 9.86. The van der Waals surface area contributed by atoms with Gasteiger partial charge in [-0.25, -0.2) is 0 Å². The number of nitrogens with one attached hydrogen (secondary N) is 1. The number of nitrogens with zero attached hydrogens (tertiary/aromatic N) is 1. The van der Waals surface area contributed by atoms with Crippen LogP contribution in [0.5, 0.6) is 0 Å². The number of rotatable bonds is 6. The average Bonchev–Trinajstić information content (AvgIpc) is 2.51. The second-order valence-electron chi connectivity index (χ2n) is 4.59. The molecule has 0 unspecified atom stereocenters. The molecule has 2 amide bonds. The first-order valence-electron chi connectivity index (χ1n) is 6.59. The van der Waals surface area contributed by atoms with Crippen LogP contribution in [0.3, 0.4) is 0 Å². The molecule has 0 heterocycles. The molecule has 0 aliphatic rings. The van der Waals surface area contributed by atoms with Crippen LogP contribution < -0.4 is 5.32 Å². The van der Waals surface area contributed by atoms with Gasteiger partial charge in [-0.1, -0.05) is 12.1 Å². The maximum absolute atomic E-state index is 12.0. The van der Waals surface area contributed by atoms with Crippen LogP contribution in [0.25, 0.3) is 0 Å². The molecule has 0 aliphatic heterocycles. The van der Waals surface area contributed by atoms with Crippen molar-refractivity contribution in [1.82, 2.24) is 10.2 Å². The van der Waals surface area contributed by atoms with Crippen LogP contribution in [0.1, 0.15) is 22.3 Å². The van der Waals surface area contributed by atoms with E-state index in [9.17, 15) is 14.4 Å². The zero-order valence-electron chi connectivity index (χ0n) is 12.5. The first kappa shape index (κ1) is 16.7. The highest BCUT2D eigenvalue weighted by Crippen LogP contribution is 2.07. The van der Waals surface area contributed by atoms with E-state index in [1.165, 1.54) is 12.0 Å². The minimum Gasteiger partial charge on any atom is -0.469 e. The third-order valence-corrected chi connectivity index (χ3v) is 3.10. The minimum absolute atomic E-state index is 0.0911. The van der Waals surface area contributed by atoms with Gasteiger partial charge in [0.05, 0.1) is 20.0 Å². The molecule has 0 spiro atoms. The molecule has 1 aromatic carbocycles. The van der Waals surface area contributed by atoms with Crippen molar-refractivity contribution < 1.29 is 19.1 Å². The van der Waals surface area contributed by atoms with Gasteiger partial charge in [0, 0.05) is 26.2 Å². The van der Waals surface area contributed by atoms with E-state index in [1.807, 2.05) is 0 Å². The molecule has 21 heavy (non-hydrogen) atoms. The first-order valence-corrected chi connectivity index (χ1v) is 6.59. The Kier molecular flexibility index (Phi) is 6.39. The fourth-order valence-electron chi connectivity index (χ4n) is 1.71. The lowest BCUT2D eigenvalue weighted by atomic mass is 10.1. The molecule has 1 rings (SSSR count). The van der Waals surface area contributed by atoms with Gasteiger partial charge >= 0.3 is 5.97 Å². The summed E-state index contributed by atoms with van der Waals surface area (Å²) in [4.78, 5) is 35.9. The average molecular weight is 292 g/mol. The van der Waals surface area contributed by atoms with Crippen molar-refractivity contribution in [3.05, 3.63) is 35.4 Å². The Morgan fingerprint density at radius 2 is 1.81 bits per heavy atom. The van der Waals surface area contributed by atoms with E-state index in [4.69, 9.17) is 0 Å². The number of esters is 1. The van der Waals surface area contributed by atoms with Crippen LogP contribution >= 0.6 is 0 Å². The van der Waals surface area contributed by atoms with E-state index in [2.05, 4.69) is 10.1 Å². The fraction of sp³-hybridized carbons (Fsp3) is 0.400. The summed E-state index contributed by atoms with van der Waals surface area (Å²) < 4.78 is 4.53. The maximum Gasteiger partial charge on any atom is 0.307 e. The number of likely N-dealkylation sites (N-methyl/N-ethyl adjacent to an activating group) is 1. The largest absolute Gasteiger partial charge is 0.469 e. The van der Waals surface area contributed by atoms with Gasteiger partial charge in [0.25, 0.3) is 5.91 Å². The standard InChI is InChI=1S/C15H20N2O4/c1-16-15(20)12-6-4-11(5-7-12)10-13(18)17(2)9-8-14(19)21-3/h4-7H,8-10H2,1-3H3,(H,16,20). The number of ether oxygens (including phenoxy) is 1. The number of hydrogen-bond donors (Lipinski definition) is 1. The molecular weight excluding hydrogens is 272 g/mol. The van der Waals surface area contributed by atoms with Crippen LogP contribution in [-0.4, -0.2) is 50.4 Å². The molecule has 0 atom stereocenters. The van der Waals surface area contributed by atoms with Crippen LogP contribution in [0.15, 0.2) is 24.3 Å². The van der Waals surface area contributed by atoms with Gasteiger partial charge in [-0.05, 0) is 17.7 Å². The zero-order chi connectivity index (χ0) is 15.8. The lowest BCUT2D eigenvalue weighted by Gasteiger charge is -2.16. The van der Waals surface area contributed by atoms with Crippen molar-refractivity contribution in [2.75, 3.05) is 27.7 Å². The van der Waals surface area contributed by atoms with Crippen molar-refractivity contribution >= 4 is 17.8 Å². The number of benzene rings is 1. The third kappa shape index (κ3) is 5.25. The highest BCUT2D eigenvalue weighted by Gasteiger charge is 2.12. The quantitative estimate of drug-likeness (QED) is 0.780. The second kappa shape index (κ2) is 8.04. The Morgan fingerprint density at radius 1 is 1.19 bits per heavy atom. The Hall–Kier alpha value is -2.37. The predicted molar refractivity (Wildman–Crippen MR) is 77.8 cm³/mol. The fourth-order valence-corrected chi connectivity index (χ4v) is 1.71. The van der Waals surface area contributed by atoms with E-state index < -0.39 is 0 Å². The van der Waals surface area contributed by atoms with E-state index >= 15 is 0 Å². The maximum atomic E-state index is 12.0. The Bertz CT molecular complexity index is 511. The van der Waals surface area contributed by atoms with Gasteiger partial charge in [-0.15, -0.1) is 0 Å². The topological polar surface area (TPSA) is 75.7 Å². The molecule has 0 aromatic heterocycles. The van der Waals surface area contributed by atoms with E-state index in [1.54, 1.807) is 38.4 Å². The van der Waals surface area contributed by atoms with Crippen molar-refractivity contribution in [3.63, 3.8) is 0 Å².